The first-order valence-corrected chi connectivity index (χ1v) is 8.04. The Morgan fingerprint density at radius 1 is 1.00 bits per heavy atom. The lowest BCUT2D eigenvalue weighted by atomic mass is 9.83. The van der Waals surface area contributed by atoms with E-state index < -0.39 is 5.60 Å². The van der Waals surface area contributed by atoms with Gasteiger partial charge in [-0.2, -0.15) is 0 Å². The number of fused-ring (bicyclic) bond motifs is 2. The molecule has 3 heterocycles. The molecular weight excluding hydrogens is 266 g/mol. The monoisotopic (exact) mass is 289 g/mol. The zero-order valence-corrected chi connectivity index (χ0v) is 12.3. The number of morpholine rings is 1. The molecule has 3 fully saturated rings. The summed E-state index contributed by atoms with van der Waals surface area (Å²) in [6.45, 7) is 3.49. The minimum Gasteiger partial charge on any atom is -0.385 e. The highest BCUT2D eigenvalue weighted by molar-refractivity contribution is 5.48. The average Bonchev–Trinajstić information content (AvgIpc) is 2.88. The molecule has 0 radical (unpaired) electrons. The Morgan fingerprint density at radius 3 is 2.24 bits per heavy atom. The van der Waals surface area contributed by atoms with E-state index in [4.69, 9.17) is 9.47 Å². The molecular formula is C17H23NO3. The Kier molecular flexibility index (Phi) is 3.40. The molecule has 0 amide bonds. The number of nitrogens with zero attached hydrogens (tertiary/aromatic N) is 1. The van der Waals surface area contributed by atoms with Gasteiger partial charge < -0.3 is 19.5 Å². The molecule has 0 aliphatic carbocycles. The van der Waals surface area contributed by atoms with E-state index >= 15 is 0 Å². The molecule has 4 rings (SSSR count). The number of benzene rings is 1. The second-order valence-electron chi connectivity index (χ2n) is 6.54. The van der Waals surface area contributed by atoms with Crippen molar-refractivity contribution in [3.63, 3.8) is 0 Å². The van der Waals surface area contributed by atoms with Crippen molar-refractivity contribution in [1.29, 1.82) is 0 Å². The van der Waals surface area contributed by atoms with E-state index in [2.05, 4.69) is 29.2 Å². The first kappa shape index (κ1) is 13.6. The lowest BCUT2D eigenvalue weighted by molar-refractivity contribution is -0.115. The summed E-state index contributed by atoms with van der Waals surface area (Å²) < 4.78 is 11.2. The zero-order valence-electron chi connectivity index (χ0n) is 12.3. The number of ether oxygens (including phenoxy) is 2. The van der Waals surface area contributed by atoms with Gasteiger partial charge in [-0.3, -0.25) is 0 Å². The van der Waals surface area contributed by atoms with Crippen molar-refractivity contribution in [2.45, 2.75) is 43.5 Å². The maximum Gasteiger partial charge on any atom is 0.0945 e. The maximum absolute atomic E-state index is 11.0. The molecule has 1 aromatic carbocycles. The summed E-state index contributed by atoms with van der Waals surface area (Å²) >= 11 is 0. The van der Waals surface area contributed by atoms with Crippen LogP contribution in [-0.2, 0) is 15.1 Å². The summed E-state index contributed by atoms with van der Waals surface area (Å²) in [5, 5.41) is 11.0. The molecule has 21 heavy (non-hydrogen) atoms. The average molecular weight is 289 g/mol. The van der Waals surface area contributed by atoms with E-state index in [0.29, 0.717) is 0 Å². The van der Waals surface area contributed by atoms with Gasteiger partial charge in [-0.1, -0.05) is 12.1 Å². The predicted octanol–water partition coefficient (Wildman–Crippen LogP) is 2.05. The van der Waals surface area contributed by atoms with E-state index in [0.717, 1.165) is 57.6 Å². The van der Waals surface area contributed by atoms with Crippen molar-refractivity contribution in [1.82, 2.24) is 0 Å². The van der Waals surface area contributed by atoms with Gasteiger partial charge in [0.25, 0.3) is 0 Å². The Bertz CT molecular complexity index is 483. The van der Waals surface area contributed by atoms with Crippen LogP contribution >= 0.6 is 0 Å². The van der Waals surface area contributed by atoms with Gasteiger partial charge in [0.05, 0.1) is 31.0 Å². The van der Waals surface area contributed by atoms with E-state index in [1.165, 1.54) is 5.69 Å². The molecule has 114 valence electrons. The summed E-state index contributed by atoms with van der Waals surface area (Å²) in [6.07, 6.45) is 4.15. The van der Waals surface area contributed by atoms with Crippen LogP contribution in [0.2, 0.25) is 0 Å². The molecule has 1 aromatic rings. The van der Waals surface area contributed by atoms with Crippen molar-refractivity contribution >= 4 is 5.69 Å². The summed E-state index contributed by atoms with van der Waals surface area (Å²) in [5.74, 6) is 0. The Hall–Kier alpha value is -1.10. The van der Waals surface area contributed by atoms with Gasteiger partial charge >= 0.3 is 0 Å². The summed E-state index contributed by atoms with van der Waals surface area (Å²) in [6, 6.07) is 8.46. The fourth-order valence-electron chi connectivity index (χ4n) is 3.96. The molecule has 2 unspecified atom stereocenters. The normalized spacial score (nSPS) is 36.0. The van der Waals surface area contributed by atoms with Crippen molar-refractivity contribution in [3.05, 3.63) is 29.8 Å². The summed E-state index contributed by atoms with van der Waals surface area (Å²) in [4.78, 5) is 2.34. The molecule has 4 heteroatoms. The molecule has 4 nitrogen and oxygen atoms in total. The van der Waals surface area contributed by atoms with Crippen LogP contribution in [0, 0.1) is 0 Å². The van der Waals surface area contributed by atoms with Gasteiger partial charge in [0.15, 0.2) is 0 Å². The molecule has 2 bridgehead atoms. The van der Waals surface area contributed by atoms with Gasteiger partial charge in [0.2, 0.25) is 0 Å². The van der Waals surface area contributed by atoms with Crippen LogP contribution in [0.5, 0.6) is 0 Å². The zero-order chi connectivity index (χ0) is 14.3. The van der Waals surface area contributed by atoms with Crippen molar-refractivity contribution in [2.24, 2.45) is 0 Å². The quantitative estimate of drug-likeness (QED) is 0.905. The Balaban J connectivity index is 1.53. The minimum absolute atomic E-state index is 0.243. The summed E-state index contributed by atoms with van der Waals surface area (Å²) in [7, 11) is 0. The standard InChI is InChI=1S/C17H23NO3/c19-17(11-15-5-6-16(12-17)21-15)13-1-3-14(4-2-13)18-7-9-20-10-8-18/h1-4,15-16,19H,5-12H2. The highest BCUT2D eigenvalue weighted by Gasteiger charge is 2.44. The highest BCUT2D eigenvalue weighted by atomic mass is 16.5. The largest absolute Gasteiger partial charge is 0.385 e. The fraction of sp³-hybridized carbons (Fsp3) is 0.647. The number of rotatable bonds is 2. The van der Waals surface area contributed by atoms with E-state index in [1.807, 2.05) is 0 Å². The lowest BCUT2D eigenvalue weighted by Crippen LogP contribution is -2.39. The Labute approximate surface area is 125 Å². The Morgan fingerprint density at radius 2 is 1.62 bits per heavy atom. The van der Waals surface area contributed by atoms with Crippen LogP contribution in [-0.4, -0.2) is 43.6 Å². The molecule has 0 spiro atoms. The van der Waals surface area contributed by atoms with Crippen molar-refractivity contribution < 1.29 is 14.6 Å². The first-order valence-electron chi connectivity index (χ1n) is 8.04. The third kappa shape index (κ3) is 2.56. The van der Waals surface area contributed by atoms with Crippen LogP contribution in [0.3, 0.4) is 0 Å². The van der Waals surface area contributed by atoms with E-state index in [1.54, 1.807) is 0 Å². The fourth-order valence-corrected chi connectivity index (χ4v) is 3.96. The van der Waals surface area contributed by atoms with Crippen molar-refractivity contribution in [2.75, 3.05) is 31.2 Å². The molecule has 3 saturated heterocycles. The highest BCUT2D eigenvalue weighted by Crippen LogP contribution is 2.44. The second-order valence-corrected chi connectivity index (χ2v) is 6.54. The van der Waals surface area contributed by atoms with E-state index in [9.17, 15) is 5.11 Å². The third-order valence-electron chi connectivity index (χ3n) is 5.11. The van der Waals surface area contributed by atoms with Gasteiger partial charge in [-0.05, 0) is 30.5 Å². The smallest absolute Gasteiger partial charge is 0.0945 e. The number of aliphatic hydroxyl groups is 1. The van der Waals surface area contributed by atoms with Crippen LogP contribution in [0.4, 0.5) is 5.69 Å². The molecule has 2 atom stereocenters. The summed E-state index contributed by atoms with van der Waals surface area (Å²) in [5.41, 5.74) is 1.56. The number of hydrogen-bond donors (Lipinski definition) is 1. The maximum atomic E-state index is 11.0. The van der Waals surface area contributed by atoms with Crippen LogP contribution in [0.1, 0.15) is 31.2 Å². The lowest BCUT2D eigenvalue weighted by Gasteiger charge is -2.37. The molecule has 1 N–H and O–H groups in total. The van der Waals surface area contributed by atoms with Crippen molar-refractivity contribution in [3.8, 4) is 0 Å². The molecule has 0 saturated carbocycles. The SMILES string of the molecule is OC1(c2ccc(N3CCOCC3)cc2)CC2CCC(C1)O2. The second kappa shape index (κ2) is 5.27. The minimum atomic E-state index is -0.701. The molecule has 3 aliphatic rings. The van der Waals surface area contributed by atoms with Gasteiger partial charge in [-0.15, -0.1) is 0 Å². The van der Waals surface area contributed by atoms with Gasteiger partial charge in [0, 0.05) is 31.6 Å². The van der Waals surface area contributed by atoms with Crippen LogP contribution in [0.25, 0.3) is 0 Å². The number of hydrogen-bond acceptors (Lipinski definition) is 4. The molecule has 0 aromatic heterocycles. The van der Waals surface area contributed by atoms with E-state index in [-0.39, 0.29) is 12.2 Å². The predicted molar refractivity (Wildman–Crippen MR) is 80.5 cm³/mol. The number of anilines is 1. The van der Waals surface area contributed by atoms with Crippen LogP contribution < -0.4 is 4.90 Å². The first-order chi connectivity index (χ1) is 10.2. The third-order valence-corrected chi connectivity index (χ3v) is 5.11. The van der Waals surface area contributed by atoms with Gasteiger partial charge in [0.1, 0.15) is 0 Å². The topological polar surface area (TPSA) is 41.9 Å². The molecule has 3 aliphatic heterocycles. The van der Waals surface area contributed by atoms with Gasteiger partial charge in [-0.25, -0.2) is 0 Å². The van der Waals surface area contributed by atoms with Crippen LogP contribution in [0.15, 0.2) is 24.3 Å².